The quantitative estimate of drug-likeness (QED) is 0.601. The summed E-state index contributed by atoms with van der Waals surface area (Å²) < 4.78 is 6.50. The molecule has 0 radical (unpaired) electrons. The molecule has 1 aromatic carbocycles. The third-order valence-electron chi connectivity index (χ3n) is 3.28. The highest BCUT2D eigenvalue weighted by molar-refractivity contribution is 14.1. The van der Waals surface area contributed by atoms with E-state index in [1.807, 2.05) is 19.1 Å². The first kappa shape index (κ1) is 16.9. The number of amides is 1. The first-order valence-electron chi connectivity index (χ1n) is 7.12. The fraction of sp³-hybridized carbons (Fsp3) is 0.118. The Morgan fingerprint density at radius 1 is 1.29 bits per heavy atom. The molecular weight excluding hydrogens is 441 g/mol. The number of nitrogens with one attached hydrogen (secondary N) is 1. The maximum atomic E-state index is 12.1. The average molecular weight is 454 g/mol. The van der Waals surface area contributed by atoms with E-state index in [0.29, 0.717) is 22.1 Å². The van der Waals surface area contributed by atoms with Crippen molar-refractivity contribution in [3.8, 4) is 5.75 Å². The van der Waals surface area contributed by atoms with Crippen molar-refractivity contribution in [1.29, 1.82) is 0 Å². The fourth-order valence-electron chi connectivity index (χ4n) is 2.21. The summed E-state index contributed by atoms with van der Waals surface area (Å²) >= 11 is 8.35. The van der Waals surface area contributed by atoms with Crippen molar-refractivity contribution in [1.82, 2.24) is 9.97 Å². The van der Waals surface area contributed by atoms with E-state index in [9.17, 15) is 4.79 Å². The smallest absolute Gasteiger partial charge is 0.263 e. The van der Waals surface area contributed by atoms with Crippen LogP contribution in [0, 0.1) is 10.5 Å². The highest BCUT2D eigenvalue weighted by atomic mass is 127. The molecule has 0 atom stereocenters. The zero-order chi connectivity index (χ0) is 17.1. The number of rotatable bonds is 4. The number of nitrogens with zero attached hydrogens (tertiary/aromatic N) is 2. The number of carbonyl (C=O) groups is 1. The first-order chi connectivity index (χ1) is 11.5. The monoisotopic (exact) mass is 453 g/mol. The van der Waals surface area contributed by atoms with E-state index in [1.54, 1.807) is 30.6 Å². The van der Waals surface area contributed by atoms with Gasteiger partial charge in [0.1, 0.15) is 11.3 Å². The van der Waals surface area contributed by atoms with Crippen molar-refractivity contribution in [2.45, 2.75) is 6.92 Å². The summed E-state index contributed by atoms with van der Waals surface area (Å²) in [7, 11) is 0. The van der Waals surface area contributed by atoms with E-state index in [-0.39, 0.29) is 12.5 Å². The van der Waals surface area contributed by atoms with Crippen LogP contribution in [0.3, 0.4) is 0 Å². The lowest BCUT2D eigenvalue weighted by Gasteiger charge is -2.12. The van der Waals surface area contributed by atoms with E-state index in [0.717, 1.165) is 14.5 Å². The number of carbonyl (C=O) groups excluding carboxylic acids is 1. The van der Waals surface area contributed by atoms with Crippen LogP contribution in [0.1, 0.15) is 5.56 Å². The van der Waals surface area contributed by atoms with E-state index < -0.39 is 0 Å². The van der Waals surface area contributed by atoms with Gasteiger partial charge in [0.05, 0.1) is 8.59 Å². The van der Waals surface area contributed by atoms with Gasteiger partial charge in [0.25, 0.3) is 5.91 Å². The Labute approximate surface area is 157 Å². The van der Waals surface area contributed by atoms with Crippen molar-refractivity contribution in [3.63, 3.8) is 0 Å². The molecule has 0 saturated heterocycles. The third kappa shape index (κ3) is 3.76. The maximum Gasteiger partial charge on any atom is 0.263 e. The van der Waals surface area contributed by atoms with E-state index in [1.165, 1.54) is 0 Å². The van der Waals surface area contributed by atoms with Gasteiger partial charge >= 0.3 is 0 Å². The zero-order valence-electron chi connectivity index (χ0n) is 12.7. The van der Waals surface area contributed by atoms with Gasteiger partial charge in [-0.15, -0.1) is 0 Å². The van der Waals surface area contributed by atoms with Crippen LogP contribution in [0.15, 0.2) is 42.7 Å². The second kappa shape index (κ2) is 7.31. The summed E-state index contributed by atoms with van der Waals surface area (Å²) in [5.74, 6) is 0.753. The van der Waals surface area contributed by atoms with Crippen molar-refractivity contribution < 1.29 is 9.53 Å². The molecule has 1 N–H and O–H groups in total. The van der Waals surface area contributed by atoms with Gasteiger partial charge in [-0.05, 0) is 65.4 Å². The van der Waals surface area contributed by atoms with Gasteiger partial charge in [0.2, 0.25) is 0 Å². The minimum atomic E-state index is -0.289. The summed E-state index contributed by atoms with van der Waals surface area (Å²) in [4.78, 5) is 20.5. The molecule has 0 bridgehead atoms. The number of hydrogen-bond acceptors (Lipinski definition) is 4. The van der Waals surface area contributed by atoms with Gasteiger partial charge in [0, 0.05) is 17.8 Å². The summed E-state index contributed by atoms with van der Waals surface area (Å²) in [6.45, 7) is 1.79. The molecule has 2 heterocycles. The second-order valence-electron chi connectivity index (χ2n) is 5.12. The Morgan fingerprint density at radius 2 is 2.12 bits per heavy atom. The van der Waals surface area contributed by atoms with Crippen LogP contribution in [0.2, 0.25) is 5.02 Å². The number of halogens is 2. The maximum absolute atomic E-state index is 12.1. The van der Waals surface area contributed by atoms with Gasteiger partial charge < -0.3 is 10.1 Å². The summed E-state index contributed by atoms with van der Waals surface area (Å²) in [6, 6.07) is 9.12. The molecule has 0 aliphatic carbocycles. The summed E-state index contributed by atoms with van der Waals surface area (Å²) in [6.07, 6.45) is 3.31. The van der Waals surface area contributed by atoms with Crippen molar-refractivity contribution in [3.05, 3.63) is 56.9 Å². The van der Waals surface area contributed by atoms with Crippen LogP contribution in [0.4, 0.5) is 5.82 Å². The highest BCUT2D eigenvalue weighted by Gasteiger charge is 2.14. The molecule has 2 aromatic heterocycles. The van der Waals surface area contributed by atoms with Crippen LogP contribution >= 0.6 is 34.2 Å². The van der Waals surface area contributed by atoms with E-state index in [2.05, 4.69) is 37.9 Å². The van der Waals surface area contributed by atoms with Gasteiger partial charge in [-0.25, -0.2) is 4.98 Å². The van der Waals surface area contributed by atoms with Crippen molar-refractivity contribution >= 4 is 56.8 Å². The predicted octanol–water partition coefficient (Wildman–Crippen LogP) is 4.21. The molecule has 3 aromatic rings. The lowest BCUT2D eigenvalue weighted by Crippen LogP contribution is -2.21. The number of fused-ring (bicyclic) bond motifs is 1. The average Bonchev–Trinajstić information content (AvgIpc) is 2.54. The van der Waals surface area contributed by atoms with E-state index in [4.69, 9.17) is 16.3 Å². The molecule has 0 fully saturated rings. The number of benzene rings is 1. The first-order valence-corrected chi connectivity index (χ1v) is 8.58. The molecule has 7 heteroatoms. The van der Waals surface area contributed by atoms with E-state index >= 15 is 0 Å². The molecule has 1 amide bonds. The predicted molar refractivity (Wildman–Crippen MR) is 103 cm³/mol. The van der Waals surface area contributed by atoms with Crippen LogP contribution in [0.25, 0.3) is 10.9 Å². The zero-order valence-corrected chi connectivity index (χ0v) is 15.6. The van der Waals surface area contributed by atoms with Crippen LogP contribution in [-0.4, -0.2) is 22.5 Å². The fourth-order valence-corrected chi connectivity index (χ4v) is 3.37. The topological polar surface area (TPSA) is 64.1 Å². The molecule has 3 rings (SSSR count). The SMILES string of the molecule is Cc1ccnc(NC(=O)COc2c(I)cc(Cl)c3cccnc23)c1. The third-order valence-corrected chi connectivity index (χ3v) is 4.39. The second-order valence-corrected chi connectivity index (χ2v) is 6.69. The number of ether oxygens (including phenoxy) is 1. The molecule has 0 aliphatic heterocycles. The lowest BCUT2D eigenvalue weighted by molar-refractivity contribution is -0.118. The minimum Gasteiger partial charge on any atom is -0.480 e. The lowest BCUT2D eigenvalue weighted by atomic mass is 10.2. The highest BCUT2D eigenvalue weighted by Crippen LogP contribution is 2.34. The minimum absolute atomic E-state index is 0.140. The number of pyridine rings is 2. The molecule has 5 nitrogen and oxygen atoms in total. The molecule has 0 unspecified atom stereocenters. The Morgan fingerprint density at radius 3 is 2.92 bits per heavy atom. The van der Waals surface area contributed by atoms with Crippen LogP contribution in [-0.2, 0) is 4.79 Å². The number of hydrogen-bond donors (Lipinski definition) is 1. The summed E-state index contributed by atoms with van der Waals surface area (Å²) in [5, 5.41) is 4.10. The molecular formula is C17H13ClIN3O2. The Bertz CT molecular complexity index is 917. The Balaban J connectivity index is 1.77. The molecule has 24 heavy (non-hydrogen) atoms. The molecule has 122 valence electrons. The number of aryl methyl sites for hydroxylation is 1. The summed E-state index contributed by atoms with van der Waals surface area (Å²) in [5.41, 5.74) is 1.65. The Hall–Kier alpha value is -1.93. The Kier molecular flexibility index (Phi) is 5.15. The van der Waals surface area contributed by atoms with Gasteiger partial charge in [-0.1, -0.05) is 11.6 Å². The van der Waals surface area contributed by atoms with Crippen molar-refractivity contribution in [2.75, 3.05) is 11.9 Å². The van der Waals surface area contributed by atoms with Crippen LogP contribution in [0.5, 0.6) is 5.75 Å². The van der Waals surface area contributed by atoms with Crippen molar-refractivity contribution in [2.24, 2.45) is 0 Å². The molecule has 0 aliphatic rings. The largest absolute Gasteiger partial charge is 0.480 e. The van der Waals surface area contributed by atoms with Gasteiger partial charge in [-0.2, -0.15) is 0 Å². The molecule has 0 saturated carbocycles. The number of aromatic nitrogens is 2. The van der Waals surface area contributed by atoms with Gasteiger partial charge in [-0.3, -0.25) is 9.78 Å². The normalized spacial score (nSPS) is 10.6. The standard InChI is InChI=1S/C17H13ClIN3O2/c1-10-4-6-20-14(7-10)22-15(23)9-24-17-13(19)8-12(18)11-3-2-5-21-16(11)17/h2-8H,9H2,1H3,(H,20,22,23). The van der Waals surface area contributed by atoms with Crippen LogP contribution < -0.4 is 10.1 Å². The number of anilines is 1. The van der Waals surface area contributed by atoms with Gasteiger partial charge in [0.15, 0.2) is 12.4 Å². The molecule has 0 spiro atoms.